The molecular formula is C47H30N2O2. The molecule has 10 aromatic rings. The van der Waals surface area contributed by atoms with E-state index in [0.717, 1.165) is 78.2 Å². The lowest BCUT2D eigenvalue weighted by Gasteiger charge is -2.13. The minimum absolute atomic E-state index is 0.179. The minimum atomic E-state index is 0.179. The predicted molar refractivity (Wildman–Crippen MR) is 208 cm³/mol. The van der Waals surface area contributed by atoms with Crippen molar-refractivity contribution in [3.8, 4) is 28.1 Å². The number of pyridine rings is 1. The second kappa shape index (κ2) is 10.9. The molecule has 1 aliphatic rings. The summed E-state index contributed by atoms with van der Waals surface area (Å²) in [6.07, 6.45) is 5.38. The highest BCUT2D eigenvalue weighted by molar-refractivity contribution is 6.11. The van der Waals surface area contributed by atoms with Gasteiger partial charge in [-0.05, 0) is 102 Å². The number of hydrogen-bond donors (Lipinski definition) is 0. The van der Waals surface area contributed by atoms with Crippen molar-refractivity contribution < 1.29 is 8.83 Å². The normalized spacial score (nSPS) is 14.3. The lowest BCUT2D eigenvalue weighted by molar-refractivity contribution is 0.570. The van der Waals surface area contributed by atoms with Crippen molar-refractivity contribution in [2.24, 2.45) is 0 Å². The number of furan rings is 2. The maximum Gasteiger partial charge on any atom is 0.135 e. The van der Waals surface area contributed by atoms with Gasteiger partial charge in [0.15, 0.2) is 0 Å². The van der Waals surface area contributed by atoms with Gasteiger partial charge < -0.3 is 13.4 Å². The molecule has 51 heavy (non-hydrogen) atoms. The number of fused-ring (bicyclic) bond motifs is 9. The summed E-state index contributed by atoms with van der Waals surface area (Å²) >= 11 is 0. The first-order valence-corrected chi connectivity index (χ1v) is 17.5. The molecule has 4 nitrogen and oxygen atoms in total. The number of nitrogens with zero attached hydrogens (tertiary/aromatic N) is 2. The fraction of sp³-hybridized carbons (Fsp3) is 0.0426. The van der Waals surface area contributed by atoms with Crippen molar-refractivity contribution in [1.82, 2.24) is 9.55 Å². The first-order valence-electron chi connectivity index (χ1n) is 17.5. The zero-order valence-electron chi connectivity index (χ0n) is 27.6. The molecule has 0 spiro atoms. The molecule has 6 aromatic carbocycles. The van der Waals surface area contributed by atoms with Crippen molar-refractivity contribution in [2.75, 3.05) is 0 Å². The standard InChI is InChI=1S/C47H30N2O2/c1-2-9-33(10-3-1)49-42-15-6-4-11-34(42)36-25-29(17-21-43(36)49)30-18-22-46-38(26-30)39-28-32(20-24-47(39)51-46)41-14-8-13-40(48-41)31-19-23-45-37(27-31)35-12-5-7-16-44(35)50-45/h1-18,20-28,31H,19H2. The molecule has 11 rings (SSSR count). The Kier molecular flexibility index (Phi) is 6.05. The third-order valence-electron chi connectivity index (χ3n) is 10.5. The van der Waals surface area contributed by atoms with E-state index in [1.807, 2.05) is 12.1 Å². The van der Waals surface area contributed by atoms with Gasteiger partial charge in [0.1, 0.15) is 22.2 Å². The van der Waals surface area contributed by atoms with Gasteiger partial charge in [-0.2, -0.15) is 0 Å². The second-order valence-electron chi connectivity index (χ2n) is 13.5. The van der Waals surface area contributed by atoms with Crippen molar-refractivity contribution >= 4 is 66.9 Å². The van der Waals surface area contributed by atoms with Crippen molar-refractivity contribution in [2.45, 2.75) is 12.3 Å². The van der Waals surface area contributed by atoms with Crippen LogP contribution in [-0.2, 0) is 0 Å². The fourth-order valence-corrected chi connectivity index (χ4v) is 8.06. The monoisotopic (exact) mass is 654 g/mol. The molecule has 1 aliphatic carbocycles. The van der Waals surface area contributed by atoms with E-state index in [2.05, 4.69) is 156 Å². The predicted octanol–water partition coefficient (Wildman–Crippen LogP) is 10.9. The summed E-state index contributed by atoms with van der Waals surface area (Å²) < 4.78 is 14.8. The molecule has 0 amide bonds. The summed E-state index contributed by atoms with van der Waals surface area (Å²) in [7, 11) is 0. The molecule has 0 aliphatic heterocycles. The van der Waals surface area contributed by atoms with Gasteiger partial charge in [0.2, 0.25) is 0 Å². The molecule has 0 saturated heterocycles. The van der Waals surface area contributed by atoms with Crippen molar-refractivity contribution in [3.05, 3.63) is 168 Å². The summed E-state index contributed by atoms with van der Waals surface area (Å²) in [4.78, 5) is 5.20. The van der Waals surface area contributed by atoms with Crippen LogP contribution in [-0.4, -0.2) is 9.55 Å². The maximum absolute atomic E-state index is 6.35. The molecule has 0 radical (unpaired) electrons. The van der Waals surface area contributed by atoms with Crippen molar-refractivity contribution in [3.63, 3.8) is 0 Å². The fourth-order valence-electron chi connectivity index (χ4n) is 8.06. The molecule has 0 saturated carbocycles. The molecule has 1 unspecified atom stereocenters. The Morgan fingerprint density at radius 3 is 2.04 bits per heavy atom. The molecule has 0 N–H and O–H groups in total. The first kappa shape index (κ1) is 28.2. The first-order chi connectivity index (χ1) is 25.2. The van der Waals surface area contributed by atoms with Gasteiger partial charge in [0.05, 0.1) is 16.7 Å². The molecule has 4 aromatic heterocycles. The number of rotatable bonds is 4. The summed E-state index contributed by atoms with van der Waals surface area (Å²) in [6.45, 7) is 0. The van der Waals surface area contributed by atoms with E-state index < -0.39 is 0 Å². The van der Waals surface area contributed by atoms with Crippen LogP contribution in [0.2, 0.25) is 0 Å². The van der Waals surface area contributed by atoms with Crippen LogP contribution < -0.4 is 10.6 Å². The van der Waals surface area contributed by atoms with Gasteiger partial charge in [0.25, 0.3) is 0 Å². The van der Waals surface area contributed by atoms with Crippen LogP contribution in [0.3, 0.4) is 0 Å². The van der Waals surface area contributed by atoms with Crippen LogP contribution in [0, 0.1) is 0 Å². The highest BCUT2D eigenvalue weighted by Crippen LogP contribution is 2.38. The van der Waals surface area contributed by atoms with Crippen LogP contribution in [0.5, 0.6) is 0 Å². The number of benzene rings is 6. The van der Waals surface area contributed by atoms with Gasteiger partial charge in [0, 0.05) is 55.0 Å². The minimum Gasteiger partial charge on any atom is -0.456 e. The number of aromatic nitrogens is 2. The Morgan fingerprint density at radius 2 is 1.18 bits per heavy atom. The molecule has 240 valence electrons. The number of para-hydroxylation sites is 3. The van der Waals surface area contributed by atoms with E-state index in [4.69, 9.17) is 13.8 Å². The van der Waals surface area contributed by atoms with Crippen LogP contribution >= 0.6 is 0 Å². The van der Waals surface area contributed by atoms with Gasteiger partial charge >= 0.3 is 0 Å². The van der Waals surface area contributed by atoms with Crippen LogP contribution in [0.4, 0.5) is 0 Å². The van der Waals surface area contributed by atoms with E-state index >= 15 is 0 Å². The molecule has 1 atom stereocenters. The second-order valence-corrected chi connectivity index (χ2v) is 13.5. The van der Waals surface area contributed by atoms with Crippen LogP contribution in [0.1, 0.15) is 18.0 Å². The third kappa shape index (κ3) is 4.43. The topological polar surface area (TPSA) is 44.1 Å². The average molecular weight is 655 g/mol. The van der Waals surface area contributed by atoms with Crippen LogP contribution in [0.15, 0.2) is 160 Å². The smallest absolute Gasteiger partial charge is 0.135 e. The molecule has 0 fully saturated rings. The van der Waals surface area contributed by atoms with E-state index in [-0.39, 0.29) is 5.92 Å². The maximum atomic E-state index is 6.35. The van der Waals surface area contributed by atoms with Crippen molar-refractivity contribution in [1.29, 1.82) is 0 Å². The summed E-state index contributed by atoms with van der Waals surface area (Å²) in [5.74, 6) is 0.179. The lowest BCUT2D eigenvalue weighted by Crippen LogP contribution is -2.25. The zero-order valence-corrected chi connectivity index (χ0v) is 27.6. The Balaban J connectivity index is 0.991. The molecule has 4 heterocycles. The Hall–Kier alpha value is -6.65. The Labute approximate surface area is 292 Å². The van der Waals surface area contributed by atoms with Gasteiger partial charge in [-0.15, -0.1) is 0 Å². The van der Waals surface area contributed by atoms with E-state index in [1.165, 1.54) is 27.4 Å². The number of hydrogen-bond acceptors (Lipinski definition) is 3. The molecular weight excluding hydrogens is 625 g/mol. The quantitative estimate of drug-likeness (QED) is 0.190. The van der Waals surface area contributed by atoms with Gasteiger partial charge in [-0.1, -0.05) is 78.9 Å². The third-order valence-corrected chi connectivity index (χ3v) is 10.5. The summed E-state index contributed by atoms with van der Waals surface area (Å²) in [5.41, 5.74) is 12.6. The summed E-state index contributed by atoms with van der Waals surface area (Å²) in [6, 6.07) is 53.7. The Bertz CT molecular complexity index is 3130. The summed E-state index contributed by atoms with van der Waals surface area (Å²) in [5, 5.41) is 6.99. The average Bonchev–Trinajstić information content (AvgIpc) is 3.86. The van der Waals surface area contributed by atoms with Gasteiger partial charge in [-0.3, -0.25) is 4.98 Å². The Morgan fingerprint density at radius 1 is 0.510 bits per heavy atom. The highest BCUT2D eigenvalue weighted by atomic mass is 16.3. The SMILES string of the molecule is C1=c2oc3ccccc3c2=CC(c2cccc(-c3ccc4oc5ccc(-c6ccc7c(c6)c6ccccc6n7-c6ccccc6)cc5c4c3)n2)C1. The van der Waals surface area contributed by atoms with Crippen LogP contribution in [0.25, 0.3) is 94.9 Å². The lowest BCUT2D eigenvalue weighted by atomic mass is 9.94. The van der Waals surface area contributed by atoms with Gasteiger partial charge in [-0.25, -0.2) is 0 Å². The van der Waals surface area contributed by atoms with E-state index in [1.54, 1.807) is 0 Å². The largest absolute Gasteiger partial charge is 0.456 e. The molecule has 4 heteroatoms. The zero-order chi connectivity index (χ0) is 33.5. The van der Waals surface area contributed by atoms with E-state index in [0.29, 0.717) is 0 Å². The highest BCUT2D eigenvalue weighted by Gasteiger charge is 2.18. The molecule has 0 bridgehead atoms. The van der Waals surface area contributed by atoms with E-state index in [9.17, 15) is 0 Å².